The highest BCUT2D eigenvalue weighted by Crippen LogP contribution is 2.29. The predicted molar refractivity (Wildman–Crippen MR) is 123 cm³/mol. The van der Waals surface area contributed by atoms with E-state index in [-0.39, 0.29) is 11.5 Å². The van der Waals surface area contributed by atoms with Gasteiger partial charge < -0.3 is 10.6 Å². The van der Waals surface area contributed by atoms with E-state index in [1.807, 2.05) is 48.5 Å². The van der Waals surface area contributed by atoms with Gasteiger partial charge >= 0.3 is 5.69 Å². The minimum atomic E-state index is -0.420. The van der Waals surface area contributed by atoms with Crippen LogP contribution >= 0.6 is 23.1 Å². The average Bonchev–Trinajstić information content (AvgIpc) is 3.19. The molecule has 0 unspecified atom stereocenters. The van der Waals surface area contributed by atoms with Crippen LogP contribution in [0, 0.1) is 10.1 Å². The van der Waals surface area contributed by atoms with Crippen LogP contribution in [0.15, 0.2) is 71.1 Å². The maximum absolute atomic E-state index is 11.4. The second-order valence-electron chi connectivity index (χ2n) is 6.38. The summed E-state index contributed by atoms with van der Waals surface area (Å²) in [6, 6.07) is 21.0. The van der Waals surface area contributed by atoms with Crippen LogP contribution in [0.4, 0.5) is 17.3 Å². The van der Waals surface area contributed by atoms with Crippen molar-refractivity contribution in [2.24, 2.45) is 0 Å². The molecule has 7 nitrogen and oxygen atoms in total. The van der Waals surface area contributed by atoms with Gasteiger partial charge in [-0.2, -0.15) is 0 Å². The van der Waals surface area contributed by atoms with Crippen LogP contribution in [0.2, 0.25) is 0 Å². The van der Waals surface area contributed by atoms with Crippen molar-refractivity contribution in [3.8, 4) is 0 Å². The number of pyridine rings is 1. The van der Waals surface area contributed by atoms with Crippen LogP contribution in [-0.4, -0.2) is 27.2 Å². The lowest BCUT2D eigenvalue weighted by molar-refractivity contribution is -0.384. The molecule has 2 heterocycles. The molecule has 0 aliphatic carbocycles. The second kappa shape index (κ2) is 9.55. The van der Waals surface area contributed by atoms with Gasteiger partial charge in [-0.25, -0.2) is 9.97 Å². The van der Waals surface area contributed by atoms with Gasteiger partial charge in [-0.3, -0.25) is 10.1 Å². The third-order valence-corrected chi connectivity index (χ3v) is 6.46. The number of nitrogens with zero attached hydrogens (tertiary/aromatic N) is 3. The van der Waals surface area contributed by atoms with Crippen molar-refractivity contribution in [3.05, 3.63) is 82.4 Å². The maximum Gasteiger partial charge on any atom is 0.311 e. The fourth-order valence-electron chi connectivity index (χ4n) is 2.84. The molecule has 0 amide bonds. The largest absolute Gasteiger partial charge is 0.366 e. The molecule has 0 saturated carbocycles. The van der Waals surface area contributed by atoms with Crippen LogP contribution in [-0.2, 0) is 6.54 Å². The van der Waals surface area contributed by atoms with E-state index in [2.05, 4.69) is 26.7 Å². The molecule has 0 aliphatic heterocycles. The predicted octanol–water partition coefficient (Wildman–Crippen LogP) is 5.42. The van der Waals surface area contributed by atoms with Crippen LogP contribution < -0.4 is 10.6 Å². The van der Waals surface area contributed by atoms with Gasteiger partial charge in [-0.1, -0.05) is 54.2 Å². The van der Waals surface area contributed by atoms with Gasteiger partial charge in [0.05, 0.1) is 15.1 Å². The number of rotatable bonds is 9. The third-order valence-electron chi connectivity index (χ3n) is 4.28. The van der Waals surface area contributed by atoms with Crippen LogP contribution in [0.3, 0.4) is 0 Å². The number of anilines is 2. The molecule has 0 spiro atoms. The quantitative estimate of drug-likeness (QED) is 0.156. The van der Waals surface area contributed by atoms with Gasteiger partial charge in [0.25, 0.3) is 0 Å². The van der Waals surface area contributed by atoms with Crippen molar-refractivity contribution in [2.75, 3.05) is 22.9 Å². The molecule has 2 aromatic heterocycles. The van der Waals surface area contributed by atoms with Crippen molar-refractivity contribution >= 4 is 50.6 Å². The first-order chi connectivity index (χ1) is 14.7. The smallest absolute Gasteiger partial charge is 0.311 e. The van der Waals surface area contributed by atoms with E-state index < -0.39 is 4.92 Å². The Morgan fingerprint density at radius 3 is 2.57 bits per heavy atom. The summed E-state index contributed by atoms with van der Waals surface area (Å²) >= 11 is 3.27. The lowest BCUT2D eigenvalue weighted by atomic mass is 10.2. The van der Waals surface area contributed by atoms with Crippen LogP contribution in [0.5, 0.6) is 0 Å². The Kier molecular flexibility index (Phi) is 6.41. The number of fused-ring (bicyclic) bond motifs is 1. The van der Waals surface area contributed by atoms with E-state index in [1.165, 1.54) is 6.07 Å². The normalized spacial score (nSPS) is 10.8. The van der Waals surface area contributed by atoms with Gasteiger partial charge in [0.15, 0.2) is 4.34 Å². The third kappa shape index (κ3) is 5.05. The Morgan fingerprint density at radius 1 is 0.967 bits per heavy atom. The highest BCUT2D eigenvalue weighted by molar-refractivity contribution is 8.01. The second-order valence-corrected chi connectivity index (χ2v) is 8.76. The topological polar surface area (TPSA) is 93.0 Å². The van der Waals surface area contributed by atoms with Gasteiger partial charge in [0.1, 0.15) is 5.82 Å². The number of hydrogen-bond donors (Lipinski definition) is 2. The first-order valence-corrected chi connectivity index (χ1v) is 11.1. The summed E-state index contributed by atoms with van der Waals surface area (Å²) in [5.41, 5.74) is 2.07. The average molecular weight is 438 g/mol. The number of aromatic nitrogens is 2. The molecule has 0 atom stereocenters. The monoisotopic (exact) mass is 437 g/mol. The SMILES string of the molecule is O=[N+]([O-])c1ccc(NCc2ccccc2)nc1NCCSc1nc2ccccc2s1. The summed E-state index contributed by atoms with van der Waals surface area (Å²) in [5, 5.41) is 17.7. The molecule has 9 heteroatoms. The Balaban J connectivity index is 1.36. The Hall–Kier alpha value is -3.17. The Labute approximate surface area is 181 Å². The molecule has 30 heavy (non-hydrogen) atoms. The fourth-order valence-corrected chi connectivity index (χ4v) is 4.83. The van der Waals surface area contributed by atoms with Gasteiger partial charge in [-0.15, -0.1) is 11.3 Å². The Morgan fingerprint density at radius 2 is 1.77 bits per heavy atom. The van der Waals surface area contributed by atoms with Gasteiger partial charge in [0.2, 0.25) is 5.82 Å². The van der Waals surface area contributed by atoms with Crippen molar-refractivity contribution in [1.82, 2.24) is 9.97 Å². The summed E-state index contributed by atoms with van der Waals surface area (Å²) in [4.78, 5) is 19.9. The molecule has 152 valence electrons. The number of nitro groups is 1. The van der Waals surface area contributed by atoms with Gasteiger partial charge in [0, 0.05) is 24.9 Å². The number of hydrogen-bond acceptors (Lipinski definition) is 8. The Bertz CT molecular complexity index is 1120. The lowest BCUT2D eigenvalue weighted by Gasteiger charge is -2.09. The molecule has 4 aromatic rings. The first-order valence-electron chi connectivity index (χ1n) is 9.34. The van der Waals surface area contributed by atoms with Crippen LogP contribution in [0.1, 0.15) is 5.56 Å². The number of thioether (sulfide) groups is 1. The number of para-hydroxylation sites is 1. The highest BCUT2D eigenvalue weighted by Gasteiger charge is 2.16. The number of benzene rings is 2. The molecule has 4 rings (SSSR count). The molecule has 0 aliphatic rings. The summed E-state index contributed by atoms with van der Waals surface area (Å²) in [6.45, 7) is 1.13. The summed E-state index contributed by atoms with van der Waals surface area (Å²) in [5.74, 6) is 1.58. The van der Waals surface area contributed by atoms with Crippen molar-refractivity contribution in [2.45, 2.75) is 10.9 Å². The molecule has 2 aromatic carbocycles. The molecular weight excluding hydrogens is 418 g/mol. The standard InChI is InChI=1S/C21H19N5O2S2/c27-26(28)17-10-11-19(23-14-15-6-2-1-3-7-15)25-20(17)22-12-13-29-21-24-16-8-4-5-9-18(16)30-21/h1-11H,12-14H2,(H2,22,23,25). The minimum Gasteiger partial charge on any atom is -0.366 e. The van der Waals surface area contributed by atoms with E-state index in [1.54, 1.807) is 29.2 Å². The van der Waals surface area contributed by atoms with Crippen molar-refractivity contribution in [3.63, 3.8) is 0 Å². The zero-order valence-corrected chi connectivity index (χ0v) is 17.6. The number of thiazole rings is 1. The molecule has 2 N–H and O–H groups in total. The molecule has 0 bridgehead atoms. The minimum absolute atomic E-state index is 0.0368. The zero-order valence-electron chi connectivity index (χ0n) is 15.9. The van der Waals surface area contributed by atoms with E-state index in [0.717, 1.165) is 25.9 Å². The molecular formula is C21H19N5O2S2. The highest BCUT2D eigenvalue weighted by atomic mass is 32.2. The lowest BCUT2D eigenvalue weighted by Crippen LogP contribution is -2.10. The van der Waals surface area contributed by atoms with E-state index in [9.17, 15) is 10.1 Å². The zero-order chi connectivity index (χ0) is 20.8. The van der Waals surface area contributed by atoms with Crippen molar-refractivity contribution in [1.29, 1.82) is 0 Å². The van der Waals surface area contributed by atoms with E-state index in [4.69, 9.17) is 0 Å². The first kappa shape index (κ1) is 20.1. The van der Waals surface area contributed by atoms with Crippen molar-refractivity contribution < 1.29 is 4.92 Å². The molecule has 0 fully saturated rings. The van der Waals surface area contributed by atoms with E-state index in [0.29, 0.717) is 18.9 Å². The summed E-state index contributed by atoms with van der Waals surface area (Å²) in [6.07, 6.45) is 0. The maximum atomic E-state index is 11.4. The summed E-state index contributed by atoms with van der Waals surface area (Å²) < 4.78 is 2.14. The molecule has 0 radical (unpaired) electrons. The van der Waals surface area contributed by atoms with Gasteiger partial charge in [-0.05, 0) is 23.8 Å². The number of nitrogens with one attached hydrogen (secondary N) is 2. The van der Waals surface area contributed by atoms with Crippen LogP contribution in [0.25, 0.3) is 10.2 Å². The summed E-state index contributed by atoms with van der Waals surface area (Å²) in [7, 11) is 0. The van der Waals surface area contributed by atoms with E-state index >= 15 is 0 Å². The fraction of sp³-hybridized carbons (Fsp3) is 0.143. The molecule has 0 saturated heterocycles.